The van der Waals surface area contributed by atoms with Gasteiger partial charge >= 0.3 is 12.1 Å². The van der Waals surface area contributed by atoms with Crippen molar-refractivity contribution in [3.05, 3.63) is 59.7 Å². The molecule has 1 saturated heterocycles. The van der Waals surface area contributed by atoms with Crippen LogP contribution in [0.5, 0.6) is 0 Å². The van der Waals surface area contributed by atoms with Gasteiger partial charge in [0.25, 0.3) is 0 Å². The van der Waals surface area contributed by atoms with Gasteiger partial charge < -0.3 is 25.2 Å². The molecule has 1 fully saturated rings. The molecule has 3 N–H and O–H groups in total. The Balaban J connectivity index is 1.25. The Hall–Kier alpha value is -3.39. The van der Waals surface area contributed by atoms with Crippen LogP contribution in [-0.4, -0.2) is 55.0 Å². The van der Waals surface area contributed by atoms with Crippen LogP contribution in [0.2, 0.25) is 0 Å². The predicted octanol–water partition coefficient (Wildman–Crippen LogP) is 2.91. The summed E-state index contributed by atoms with van der Waals surface area (Å²) in [6.45, 7) is 2.34. The molecule has 0 radical (unpaired) electrons. The molecule has 0 saturated carbocycles. The molecule has 2 aromatic carbocycles. The van der Waals surface area contributed by atoms with Gasteiger partial charge in [0.2, 0.25) is 5.91 Å². The fourth-order valence-corrected chi connectivity index (χ4v) is 4.51. The van der Waals surface area contributed by atoms with Crippen LogP contribution in [0.25, 0.3) is 11.1 Å². The summed E-state index contributed by atoms with van der Waals surface area (Å²) in [5, 5.41) is 14.3. The Labute approximate surface area is 192 Å². The molecule has 4 rings (SSSR count). The Morgan fingerprint density at radius 1 is 1.09 bits per heavy atom. The van der Waals surface area contributed by atoms with E-state index in [1.165, 1.54) is 11.1 Å². The zero-order valence-corrected chi connectivity index (χ0v) is 18.5. The van der Waals surface area contributed by atoms with Crippen molar-refractivity contribution in [2.75, 3.05) is 19.8 Å². The molecule has 2 aromatic rings. The molecule has 1 aliphatic heterocycles. The number of hydrogen-bond donors (Lipinski definition) is 3. The van der Waals surface area contributed by atoms with Gasteiger partial charge in [-0.1, -0.05) is 55.5 Å². The van der Waals surface area contributed by atoms with E-state index in [4.69, 9.17) is 14.6 Å². The Morgan fingerprint density at radius 2 is 1.73 bits per heavy atom. The summed E-state index contributed by atoms with van der Waals surface area (Å²) >= 11 is 0. The van der Waals surface area contributed by atoms with E-state index in [0.29, 0.717) is 12.8 Å². The van der Waals surface area contributed by atoms with Crippen molar-refractivity contribution < 1.29 is 29.0 Å². The number of ether oxygens (including phenoxy) is 2. The lowest BCUT2D eigenvalue weighted by Crippen LogP contribution is -2.43. The molecule has 1 aliphatic carbocycles. The molecule has 1 unspecified atom stereocenters. The van der Waals surface area contributed by atoms with Crippen LogP contribution in [0.1, 0.15) is 36.8 Å². The molecule has 2 aliphatic rings. The second-order valence-corrected chi connectivity index (χ2v) is 8.40. The highest BCUT2D eigenvalue weighted by Gasteiger charge is 2.33. The number of carbonyl (C=O) groups excluding carboxylic acids is 2. The van der Waals surface area contributed by atoms with Gasteiger partial charge in [-0.15, -0.1) is 0 Å². The standard InChI is InChI=1S/C25H28N2O6/c1-2-22(24(29)30)27-23(28)15-11-16(32-13-15)12-26-25(31)33-14-21-19-9-5-3-7-17(19)18-8-4-6-10-20(18)21/h3-10,15-16,21-22H,2,11-14H2,1H3,(H,26,31)(H,27,28)(H,29,30)/t15-,16-,22?/m0/s1. The van der Waals surface area contributed by atoms with Gasteiger partial charge in [-0.3, -0.25) is 4.79 Å². The molecule has 174 valence electrons. The van der Waals surface area contributed by atoms with Crippen LogP contribution in [0, 0.1) is 5.92 Å². The highest BCUT2D eigenvalue weighted by atomic mass is 16.5. The van der Waals surface area contributed by atoms with E-state index in [1.54, 1.807) is 6.92 Å². The lowest BCUT2D eigenvalue weighted by atomic mass is 9.98. The number of rotatable bonds is 8. The Kier molecular flexibility index (Phi) is 6.93. The molecule has 0 aromatic heterocycles. The molecular weight excluding hydrogens is 424 g/mol. The van der Waals surface area contributed by atoms with Crippen molar-refractivity contribution in [3.8, 4) is 11.1 Å². The highest BCUT2D eigenvalue weighted by molar-refractivity contribution is 5.85. The Morgan fingerprint density at radius 3 is 2.33 bits per heavy atom. The highest BCUT2D eigenvalue weighted by Crippen LogP contribution is 2.44. The van der Waals surface area contributed by atoms with E-state index < -0.39 is 24.0 Å². The minimum atomic E-state index is -1.06. The van der Waals surface area contributed by atoms with Gasteiger partial charge in [0.15, 0.2) is 0 Å². The maximum atomic E-state index is 12.3. The largest absolute Gasteiger partial charge is 0.480 e. The summed E-state index contributed by atoms with van der Waals surface area (Å²) in [4.78, 5) is 35.7. The minimum Gasteiger partial charge on any atom is -0.480 e. The topological polar surface area (TPSA) is 114 Å². The number of carboxylic acid groups (broad SMARTS) is 1. The summed E-state index contributed by atoms with van der Waals surface area (Å²) in [5.74, 6) is -1.85. The smallest absolute Gasteiger partial charge is 0.407 e. The summed E-state index contributed by atoms with van der Waals surface area (Å²) in [6.07, 6.45) is -0.149. The van der Waals surface area contributed by atoms with E-state index in [-0.39, 0.29) is 37.7 Å². The SMILES string of the molecule is CCC(NC(=O)[C@@H]1CO[C@H](CNC(=O)OCC2c3ccccc3-c3ccccc32)C1)C(=O)O. The summed E-state index contributed by atoms with van der Waals surface area (Å²) < 4.78 is 11.1. The van der Waals surface area contributed by atoms with Crippen molar-refractivity contribution in [1.82, 2.24) is 10.6 Å². The summed E-state index contributed by atoms with van der Waals surface area (Å²) in [5.41, 5.74) is 4.62. The zero-order chi connectivity index (χ0) is 23.4. The number of aliphatic carboxylic acids is 1. The molecule has 3 atom stereocenters. The van der Waals surface area contributed by atoms with Crippen molar-refractivity contribution in [2.45, 2.75) is 37.8 Å². The van der Waals surface area contributed by atoms with Crippen LogP contribution < -0.4 is 10.6 Å². The predicted molar refractivity (Wildman–Crippen MR) is 121 cm³/mol. The lowest BCUT2D eigenvalue weighted by molar-refractivity contribution is -0.142. The normalized spacial score (nSPS) is 19.9. The van der Waals surface area contributed by atoms with Crippen LogP contribution in [0.15, 0.2) is 48.5 Å². The van der Waals surface area contributed by atoms with Crippen molar-refractivity contribution in [3.63, 3.8) is 0 Å². The number of amides is 2. The second-order valence-electron chi connectivity index (χ2n) is 8.40. The first-order chi connectivity index (χ1) is 16.0. The monoisotopic (exact) mass is 452 g/mol. The molecule has 2 amide bonds. The van der Waals surface area contributed by atoms with Crippen molar-refractivity contribution in [1.29, 1.82) is 0 Å². The number of carbonyl (C=O) groups is 3. The first-order valence-corrected chi connectivity index (χ1v) is 11.2. The maximum Gasteiger partial charge on any atom is 0.407 e. The van der Waals surface area contributed by atoms with Crippen molar-refractivity contribution >= 4 is 18.0 Å². The molecule has 1 heterocycles. The van der Waals surface area contributed by atoms with E-state index in [1.807, 2.05) is 24.3 Å². The first kappa shape index (κ1) is 22.8. The van der Waals surface area contributed by atoms with E-state index in [9.17, 15) is 14.4 Å². The van der Waals surface area contributed by atoms with Crippen molar-refractivity contribution in [2.24, 2.45) is 5.92 Å². The third-order valence-electron chi connectivity index (χ3n) is 6.29. The van der Waals surface area contributed by atoms with E-state index >= 15 is 0 Å². The van der Waals surface area contributed by atoms with Gasteiger partial charge in [0.05, 0.1) is 18.6 Å². The molecule has 0 bridgehead atoms. The third kappa shape index (κ3) is 5.01. The molecular formula is C25H28N2O6. The fraction of sp³-hybridized carbons (Fsp3) is 0.400. The number of nitrogens with one attached hydrogen (secondary N) is 2. The first-order valence-electron chi connectivity index (χ1n) is 11.2. The van der Waals surface area contributed by atoms with Crippen LogP contribution in [-0.2, 0) is 19.1 Å². The number of alkyl carbamates (subject to hydrolysis) is 1. The van der Waals surface area contributed by atoms with Crippen LogP contribution in [0.3, 0.4) is 0 Å². The Bertz CT molecular complexity index is 994. The lowest BCUT2D eigenvalue weighted by Gasteiger charge is -2.16. The average Bonchev–Trinajstić information content (AvgIpc) is 3.42. The third-order valence-corrected chi connectivity index (χ3v) is 6.29. The van der Waals surface area contributed by atoms with E-state index in [0.717, 1.165) is 11.1 Å². The minimum absolute atomic E-state index is 0.0142. The number of carboxylic acids is 1. The maximum absolute atomic E-state index is 12.3. The number of benzene rings is 2. The fourth-order valence-electron chi connectivity index (χ4n) is 4.51. The average molecular weight is 453 g/mol. The van der Waals surface area contributed by atoms with Gasteiger partial charge in [-0.25, -0.2) is 9.59 Å². The molecule has 33 heavy (non-hydrogen) atoms. The summed E-state index contributed by atoms with van der Waals surface area (Å²) in [6, 6.07) is 15.4. The molecule has 0 spiro atoms. The second kappa shape index (κ2) is 10.0. The van der Waals surface area contributed by atoms with Gasteiger partial charge in [-0.05, 0) is 35.1 Å². The number of hydrogen-bond acceptors (Lipinski definition) is 5. The van der Waals surface area contributed by atoms with Gasteiger partial charge in [-0.2, -0.15) is 0 Å². The molecule has 8 heteroatoms. The van der Waals surface area contributed by atoms with Crippen LogP contribution >= 0.6 is 0 Å². The zero-order valence-electron chi connectivity index (χ0n) is 18.5. The molecule has 8 nitrogen and oxygen atoms in total. The summed E-state index contributed by atoms with van der Waals surface area (Å²) in [7, 11) is 0. The quantitative estimate of drug-likeness (QED) is 0.568. The van der Waals surface area contributed by atoms with E-state index in [2.05, 4.69) is 34.9 Å². The number of fused-ring (bicyclic) bond motifs is 3. The van der Waals surface area contributed by atoms with Gasteiger partial charge in [0, 0.05) is 12.5 Å². The van der Waals surface area contributed by atoms with Gasteiger partial charge in [0.1, 0.15) is 12.6 Å². The van der Waals surface area contributed by atoms with Crippen LogP contribution in [0.4, 0.5) is 4.79 Å².